The zero-order chi connectivity index (χ0) is 17.9. The lowest BCUT2D eigenvalue weighted by Crippen LogP contribution is -2.17. The summed E-state index contributed by atoms with van der Waals surface area (Å²) in [6.07, 6.45) is -2.61. The average Bonchev–Trinajstić information content (AvgIpc) is 2.55. The highest BCUT2D eigenvalue weighted by Gasteiger charge is 2.30. The van der Waals surface area contributed by atoms with Crippen molar-refractivity contribution < 1.29 is 17.9 Å². The Morgan fingerprint density at radius 1 is 1.04 bits per heavy atom. The van der Waals surface area contributed by atoms with E-state index in [2.05, 4.69) is 20.0 Å². The molecule has 3 rings (SSSR count). The molecule has 0 aliphatic rings. The molecule has 0 amide bonds. The largest absolute Gasteiger partial charge is 0.573 e. The second-order valence-corrected chi connectivity index (χ2v) is 5.37. The van der Waals surface area contributed by atoms with Crippen molar-refractivity contribution in [1.29, 1.82) is 0 Å². The summed E-state index contributed by atoms with van der Waals surface area (Å²) in [6, 6.07) is 11.2. The summed E-state index contributed by atoms with van der Waals surface area (Å²) in [5.41, 5.74) is 8.06. The fourth-order valence-corrected chi connectivity index (χ4v) is 2.40. The number of alkyl halides is 3. The number of rotatable bonds is 5. The molecule has 0 aliphatic carbocycles. The van der Waals surface area contributed by atoms with Crippen LogP contribution in [0.3, 0.4) is 0 Å². The summed E-state index contributed by atoms with van der Waals surface area (Å²) < 4.78 is 40.3. The molecule has 1 heterocycles. The van der Waals surface area contributed by atoms with Crippen molar-refractivity contribution in [3.05, 3.63) is 54.4 Å². The Bertz CT molecular complexity index is 866. The minimum atomic E-state index is -4.68. The van der Waals surface area contributed by atoms with Crippen molar-refractivity contribution in [2.24, 2.45) is 0 Å². The van der Waals surface area contributed by atoms with Gasteiger partial charge >= 0.3 is 6.36 Å². The average molecular weight is 348 g/mol. The molecular weight excluding hydrogens is 333 g/mol. The fourth-order valence-electron chi connectivity index (χ4n) is 2.40. The lowest BCUT2D eigenvalue weighted by Gasteiger charge is -2.10. The van der Waals surface area contributed by atoms with Gasteiger partial charge in [-0.05, 0) is 42.3 Å². The normalized spacial score (nSPS) is 11.5. The lowest BCUT2D eigenvalue weighted by atomic mass is 10.1. The van der Waals surface area contributed by atoms with Crippen LogP contribution in [-0.4, -0.2) is 22.9 Å². The number of hydrogen-bond donors (Lipinski definition) is 2. The first kappa shape index (κ1) is 16.8. The zero-order valence-electron chi connectivity index (χ0n) is 13.0. The van der Waals surface area contributed by atoms with Gasteiger partial charge in [-0.3, -0.25) is 0 Å². The Balaban J connectivity index is 1.62. The molecule has 0 spiro atoms. The van der Waals surface area contributed by atoms with Crippen molar-refractivity contribution >= 4 is 22.4 Å². The highest BCUT2D eigenvalue weighted by atomic mass is 19.4. The molecule has 3 N–H and O–H groups in total. The molecule has 25 heavy (non-hydrogen) atoms. The fraction of sp³-hybridized carbons (Fsp3) is 0.176. The Hall–Kier alpha value is -3.03. The first-order valence-corrected chi connectivity index (χ1v) is 7.49. The minimum Gasteiger partial charge on any atom is -0.406 e. The summed E-state index contributed by atoms with van der Waals surface area (Å²) in [7, 11) is 0. The number of benzene rings is 2. The number of nitrogens with one attached hydrogen (secondary N) is 1. The zero-order valence-corrected chi connectivity index (χ0v) is 13.0. The van der Waals surface area contributed by atoms with Crippen LogP contribution in [0.15, 0.2) is 48.8 Å². The van der Waals surface area contributed by atoms with Crippen LogP contribution in [0.1, 0.15) is 5.56 Å². The van der Waals surface area contributed by atoms with Crippen LogP contribution in [0, 0.1) is 0 Å². The van der Waals surface area contributed by atoms with E-state index in [4.69, 9.17) is 5.73 Å². The van der Waals surface area contributed by atoms with E-state index in [9.17, 15) is 13.2 Å². The number of anilines is 2. The van der Waals surface area contributed by atoms with Gasteiger partial charge in [0.15, 0.2) is 0 Å². The van der Waals surface area contributed by atoms with Gasteiger partial charge < -0.3 is 15.8 Å². The molecule has 130 valence electrons. The number of halogens is 3. The summed E-state index contributed by atoms with van der Waals surface area (Å²) in [6.45, 7) is 0.556. The molecule has 0 atom stereocenters. The van der Waals surface area contributed by atoms with Crippen LogP contribution < -0.4 is 15.8 Å². The molecule has 0 saturated heterocycles. The van der Waals surface area contributed by atoms with Gasteiger partial charge in [0, 0.05) is 17.6 Å². The van der Waals surface area contributed by atoms with E-state index in [0.29, 0.717) is 24.5 Å². The number of nitrogens with zero attached hydrogens (tertiary/aromatic N) is 2. The Morgan fingerprint density at radius 2 is 1.80 bits per heavy atom. The molecule has 1 aromatic heterocycles. The second kappa shape index (κ2) is 6.84. The highest BCUT2D eigenvalue weighted by molar-refractivity contribution is 5.91. The highest BCUT2D eigenvalue weighted by Crippen LogP contribution is 2.23. The first-order valence-electron chi connectivity index (χ1n) is 7.49. The summed E-state index contributed by atoms with van der Waals surface area (Å²) in [5, 5.41) is 4.01. The van der Waals surface area contributed by atoms with E-state index >= 15 is 0 Å². The number of nitrogen functional groups attached to an aromatic ring is 1. The van der Waals surface area contributed by atoms with Crippen LogP contribution in [0.25, 0.3) is 10.9 Å². The van der Waals surface area contributed by atoms with Gasteiger partial charge in [-0.1, -0.05) is 12.1 Å². The molecule has 8 heteroatoms. The van der Waals surface area contributed by atoms with Crippen molar-refractivity contribution in [2.75, 3.05) is 17.6 Å². The van der Waals surface area contributed by atoms with Crippen LogP contribution in [0.5, 0.6) is 5.75 Å². The topological polar surface area (TPSA) is 73.1 Å². The summed E-state index contributed by atoms with van der Waals surface area (Å²) in [5.74, 6) is 0.427. The molecule has 0 radical (unpaired) electrons. The number of ether oxygens (including phenoxy) is 1. The first-order chi connectivity index (χ1) is 11.9. The SMILES string of the molecule is Nc1ccc2ncnc(NCCc3ccc(OC(F)(F)F)cc3)c2c1. The van der Waals surface area contributed by atoms with Gasteiger partial charge in [0.1, 0.15) is 17.9 Å². The van der Waals surface area contributed by atoms with Gasteiger partial charge in [-0.25, -0.2) is 9.97 Å². The standard InChI is InChI=1S/C17H15F3N4O/c18-17(19,20)25-13-4-1-11(2-5-13)7-8-22-16-14-9-12(21)3-6-15(14)23-10-24-16/h1-6,9-10H,7-8,21H2,(H,22,23,24). The molecule has 0 aliphatic heterocycles. The molecule has 0 unspecified atom stereocenters. The molecule has 0 bridgehead atoms. The maximum absolute atomic E-state index is 12.1. The van der Waals surface area contributed by atoms with Crippen molar-refractivity contribution in [2.45, 2.75) is 12.8 Å². The smallest absolute Gasteiger partial charge is 0.406 e. The lowest BCUT2D eigenvalue weighted by molar-refractivity contribution is -0.274. The van der Waals surface area contributed by atoms with Crippen molar-refractivity contribution in [1.82, 2.24) is 9.97 Å². The predicted octanol–water partition coefficient (Wildman–Crippen LogP) is 3.77. The predicted molar refractivity (Wildman–Crippen MR) is 89.3 cm³/mol. The number of hydrogen-bond acceptors (Lipinski definition) is 5. The molecule has 0 saturated carbocycles. The third-order valence-electron chi connectivity index (χ3n) is 3.52. The summed E-state index contributed by atoms with van der Waals surface area (Å²) in [4.78, 5) is 8.39. The van der Waals surface area contributed by atoms with E-state index in [1.807, 2.05) is 6.07 Å². The Kier molecular flexibility index (Phi) is 4.60. The van der Waals surface area contributed by atoms with Crippen molar-refractivity contribution in [3.63, 3.8) is 0 Å². The third-order valence-corrected chi connectivity index (χ3v) is 3.52. The molecule has 5 nitrogen and oxygen atoms in total. The van der Waals surface area contributed by atoms with Gasteiger partial charge in [0.2, 0.25) is 0 Å². The number of nitrogens with two attached hydrogens (primary N) is 1. The maximum Gasteiger partial charge on any atom is 0.573 e. The van der Waals surface area contributed by atoms with Crippen LogP contribution in [-0.2, 0) is 6.42 Å². The molecular formula is C17H15F3N4O. The Morgan fingerprint density at radius 3 is 2.52 bits per heavy atom. The molecule has 3 aromatic rings. The van der Waals surface area contributed by atoms with Crippen molar-refractivity contribution in [3.8, 4) is 5.75 Å². The monoisotopic (exact) mass is 348 g/mol. The second-order valence-electron chi connectivity index (χ2n) is 5.37. The number of aromatic nitrogens is 2. The molecule has 2 aromatic carbocycles. The van der Waals surface area contributed by atoms with Gasteiger partial charge in [-0.15, -0.1) is 13.2 Å². The van der Waals surface area contributed by atoms with E-state index < -0.39 is 6.36 Å². The van der Waals surface area contributed by atoms with Crippen LogP contribution in [0.4, 0.5) is 24.7 Å². The van der Waals surface area contributed by atoms with Gasteiger partial charge in [0.25, 0.3) is 0 Å². The summed E-state index contributed by atoms with van der Waals surface area (Å²) >= 11 is 0. The quantitative estimate of drug-likeness (QED) is 0.687. The van der Waals surface area contributed by atoms with E-state index in [-0.39, 0.29) is 5.75 Å². The van der Waals surface area contributed by atoms with Gasteiger partial charge in [-0.2, -0.15) is 0 Å². The number of fused-ring (bicyclic) bond motifs is 1. The third kappa shape index (κ3) is 4.50. The van der Waals surface area contributed by atoms with E-state index in [1.54, 1.807) is 24.3 Å². The molecule has 0 fully saturated rings. The minimum absolute atomic E-state index is 0.235. The Labute approximate surface area is 141 Å². The van der Waals surface area contributed by atoms with Crippen LogP contribution >= 0.6 is 0 Å². The maximum atomic E-state index is 12.1. The van der Waals surface area contributed by atoms with Crippen LogP contribution in [0.2, 0.25) is 0 Å². The van der Waals surface area contributed by atoms with Gasteiger partial charge in [0.05, 0.1) is 5.52 Å². The van der Waals surface area contributed by atoms with E-state index in [1.165, 1.54) is 18.5 Å². The van der Waals surface area contributed by atoms with E-state index in [0.717, 1.165) is 16.5 Å².